The number of amides is 1. The zero-order valence-corrected chi connectivity index (χ0v) is 16.0. The molecular weight excluding hydrogens is 360 g/mol. The lowest BCUT2D eigenvalue weighted by atomic mass is 9.85. The van der Waals surface area contributed by atoms with Gasteiger partial charge in [-0.2, -0.15) is 0 Å². The van der Waals surface area contributed by atoms with Gasteiger partial charge < -0.3 is 10.4 Å². The second-order valence-corrected chi connectivity index (χ2v) is 7.39. The molecule has 0 saturated carbocycles. The number of aliphatic hydroxyl groups excluding tert-OH is 1. The standard InChI is InChI=1S/C22H21ClN2O2/c1-22(2,14-26)17-9-11-18(12-10-17)25-21(27)16-7-5-15(6-8-16)20-19(23)4-3-13-24-20/h3-13,26H,14H2,1-2H3,(H,25,27). The number of nitrogens with zero attached hydrogens (tertiary/aromatic N) is 1. The van der Waals surface area contributed by atoms with Crippen molar-refractivity contribution in [1.29, 1.82) is 0 Å². The Labute approximate surface area is 163 Å². The lowest BCUT2D eigenvalue weighted by Gasteiger charge is -2.22. The number of halogens is 1. The molecule has 27 heavy (non-hydrogen) atoms. The highest BCUT2D eigenvalue weighted by Gasteiger charge is 2.19. The van der Waals surface area contributed by atoms with Crippen LogP contribution < -0.4 is 5.32 Å². The van der Waals surface area contributed by atoms with Crippen molar-refractivity contribution in [2.24, 2.45) is 0 Å². The highest BCUT2D eigenvalue weighted by molar-refractivity contribution is 6.33. The average molecular weight is 381 g/mol. The van der Waals surface area contributed by atoms with E-state index >= 15 is 0 Å². The molecule has 0 fully saturated rings. The number of carbonyl (C=O) groups excluding carboxylic acids is 1. The fourth-order valence-corrected chi connectivity index (χ4v) is 2.91. The van der Waals surface area contributed by atoms with Crippen molar-refractivity contribution >= 4 is 23.2 Å². The minimum atomic E-state index is -0.314. The summed E-state index contributed by atoms with van der Waals surface area (Å²) in [5.74, 6) is -0.192. The Morgan fingerprint density at radius 3 is 2.33 bits per heavy atom. The Morgan fingerprint density at radius 2 is 1.74 bits per heavy atom. The van der Waals surface area contributed by atoms with Gasteiger partial charge in [0.2, 0.25) is 0 Å². The van der Waals surface area contributed by atoms with Gasteiger partial charge in [0, 0.05) is 28.4 Å². The molecule has 2 N–H and O–H groups in total. The topological polar surface area (TPSA) is 62.2 Å². The third kappa shape index (κ3) is 4.35. The van der Waals surface area contributed by atoms with Gasteiger partial charge in [-0.3, -0.25) is 9.78 Å². The Kier molecular flexibility index (Phi) is 5.59. The summed E-state index contributed by atoms with van der Waals surface area (Å²) in [6, 6.07) is 18.2. The third-order valence-corrected chi connectivity index (χ3v) is 4.80. The van der Waals surface area contributed by atoms with Gasteiger partial charge >= 0.3 is 0 Å². The molecule has 5 heteroatoms. The van der Waals surface area contributed by atoms with Crippen LogP contribution in [-0.4, -0.2) is 22.6 Å². The summed E-state index contributed by atoms with van der Waals surface area (Å²) in [4.78, 5) is 16.7. The molecular formula is C22H21ClN2O2. The minimum absolute atomic E-state index is 0.0609. The Hall–Kier alpha value is -2.69. The fourth-order valence-electron chi connectivity index (χ4n) is 2.68. The zero-order valence-electron chi connectivity index (χ0n) is 15.2. The molecule has 0 spiro atoms. The Morgan fingerprint density at radius 1 is 1.07 bits per heavy atom. The first-order valence-electron chi connectivity index (χ1n) is 8.64. The van der Waals surface area contributed by atoms with Gasteiger partial charge in [0.15, 0.2) is 0 Å². The van der Waals surface area contributed by atoms with Gasteiger partial charge in [-0.15, -0.1) is 0 Å². The van der Waals surface area contributed by atoms with Crippen molar-refractivity contribution in [2.45, 2.75) is 19.3 Å². The molecule has 0 atom stereocenters. The molecule has 0 radical (unpaired) electrons. The molecule has 0 saturated heterocycles. The first-order valence-corrected chi connectivity index (χ1v) is 9.02. The van der Waals surface area contributed by atoms with Crippen LogP contribution in [0.3, 0.4) is 0 Å². The summed E-state index contributed by atoms with van der Waals surface area (Å²) in [6.07, 6.45) is 1.68. The van der Waals surface area contributed by atoms with Crippen LogP contribution in [0, 0.1) is 0 Å². The van der Waals surface area contributed by atoms with Crippen molar-refractivity contribution in [1.82, 2.24) is 4.98 Å². The van der Waals surface area contributed by atoms with Crippen molar-refractivity contribution in [2.75, 3.05) is 11.9 Å². The maximum Gasteiger partial charge on any atom is 0.255 e. The smallest absolute Gasteiger partial charge is 0.255 e. The van der Waals surface area contributed by atoms with E-state index in [1.165, 1.54) is 0 Å². The van der Waals surface area contributed by atoms with Crippen LogP contribution >= 0.6 is 11.6 Å². The van der Waals surface area contributed by atoms with E-state index in [4.69, 9.17) is 11.6 Å². The van der Waals surface area contributed by atoms with E-state index in [9.17, 15) is 9.90 Å². The molecule has 138 valence electrons. The number of benzene rings is 2. The number of pyridine rings is 1. The zero-order chi connectivity index (χ0) is 19.4. The van der Waals surface area contributed by atoms with Crippen LogP contribution in [0.15, 0.2) is 66.9 Å². The number of rotatable bonds is 5. The van der Waals surface area contributed by atoms with E-state index in [0.717, 1.165) is 11.1 Å². The van der Waals surface area contributed by atoms with E-state index < -0.39 is 0 Å². The average Bonchev–Trinajstić information content (AvgIpc) is 2.69. The summed E-state index contributed by atoms with van der Waals surface area (Å²) in [7, 11) is 0. The SMILES string of the molecule is CC(C)(CO)c1ccc(NC(=O)c2ccc(-c3ncccc3Cl)cc2)cc1. The number of anilines is 1. The summed E-state index contributed by atoms with van der Waals surface area (Å²) < 4.78 is 0. The first-order chi connectivity index (χ1) is 12.9. The number of aromatic nitrogens is 1. The van der Waals surface area contributed by atoms with Gasteiger partial charge in [-0.1, -0.05) is 49.7 Å². The van der Waals surface area contributed by atoms with Crippen LogP contribution in [0.25, 0.3) is 11.3 Å². The largest absolute Gasteiger partial charge is 0.395 e. The van der Waals surface area contributed by atoms with E-state index in [-0.39, 0.29) is 17.9 Å². The molecule has 3 aromatic rings. The quantitative estimate of drug-likeness (QED) is 0.660. The maximum absolute atomic E-state index is 12.5. The van der Waals surface area contributed by atoms with E-state index in [1.807, 2.05) is 50.2 Å². The van der Waals surface area contributed by atoms with Crippen molar-refractivity contribution < 1.29 is 9.90 Å². The predicted octanol–water partition coefficient (Wildman–Crippen LogP) is 4.92. The monoisotopic (exact) mass is 380 g/mol. The van der Waals surface area contributed by atoms with Gasteiger partial charge in [0.05, 0.1) is 17.3 Å². The first kappa shape index (κ1) is 19.1. The van der Waals surface area contributed by atoms with Gasteiger partial charge in [0.25, 0.3) is 5.91 Å². The second kappa shape index (κ2) is 7.91. The van der Waals surface area contributed by atoms with E-state index in [0.29, 0.717) is 22.0 Å². The van der Waals surface area contributed by atoms with Crippen LogP contribution in [0.5, 0.6) is 0 Å². The number of nitrogens with one attached hydrogen (secondary N) is 1. The number of hydrogen-bond acceptors (Lipinski definition) is 3. The van der Waals surface area contributed by atoms with Crippen molar-refractivity contribution in [3.8, 4) is 11.3 Å². The molecule has 1 heterocycles. The molecule has 0 unspecified atom stereocenters. The Bertz CT molecular complexity index is 935. The minimum Gasteiger partial charge on any atom is -0.395 e. The number of aliphatic hydroxyl groups is 1. The number of hydrogen-bond donors (Lipinski definition) is 2. The van der Waals surface area contributed by atoms with Crippen LogP contribution in [0.1, 0.15) is 29.8 Å². The molecule has 0 aliphatic rings. The third-order valence-electron chi connectivity index (χ3n) is 4.50. The van der Waals surface area contributed by atoms with Crippen LogP contribution in [-0.2, 0) is 5.41 Å². The molecule has 0 aliphatic carbocycles. The van der Waals surface area contributed by atoms with Gasteiger partial charge in [-0.05, 0) is 42.0 Å². The summed E-state index contributed by atoms with van der Waals surface area (Å²) in [5, 5.41) is 12.9. The maximum atomic E-state index is 12.5. The van der Waals surface area contributed by atoms with Crippen molar-refractivity contribution in [3.05, 3.63) is 83.0 Å². The number of carbonyl (C=O) groups is 1. The second-order valence-electron chi connectivity index (χ2n) is 6.98. The predicted molar refractivity (Wildman–Crippen MR) is 109 cm³/mol. The highest BCUT2D eigenvalue weighted by atomic mass is 35.5. The lowest BCUT2D eigenvalue weighted by molar-refractivity contribution is 0.102. The van der Waals surface area contributed by atoms with Crippen molar-refractivity contribution in [3.63, 3.8) is 0 Å². The molecule has 0 aliphatic heterocycles. The van der Waals surface area contributed by atoms with Crippen LogP contribution in [0.2, 0.25) is 5.02 Å². The van der Waals surface area contributed by atoms with E-state index in [2.05, 4.69) is 10.3 Å². The highest BCUT2D eigenvalue weighted by Crippen LogP contribution is 2.26. The summed E-state index contributed by atoms with van der Waals surface area (Å²) >= 11 is 6.17. The normalized spacial score (nSPS) is 11.3. The van der Waals surface area contributed by atoms with E-state index in [1.54, 1.807) is 30.5 Å². The Balaban J connectivity index is 1.72. The molecule has 1 aromatic heterocycles. The summed E-state index contributed by atoms with van der Waals surface area (Å²) in [5.41, 5.74) is 3.49. The molecule has 1 amide bonds. The fraction of sp³-hybridized carbons (Fsp3) is 0.182. The molecule has 2 aromatic carbocycles. The lowest BCUT2D eigenvalue weighted by Crippen LogP contribution is -2.22. The molecule has 4 nitrogen and oxygen atoms in total. The molecule has 0 bridgehead atoms. The molecule has 3 rings (SSSR count). The summed E-state index contributed by atoms with van der Waals surface area (Å²) in [6.45, 7) is 4.00. The van der Waals surface area contributed by atoms with Gasteiger partial charge in [0.1, 0.15) is 0 Å². The van der Waals surface area contributed by atoms with Crippen LogP contribution in [0.4, 0.5) is 5.69 Å². The van der Waals surface area contributed by atoms with Gasteiger partial charge in [-0.25, -0.2) is 0 Å².